The minimum absolute atomic E-state index is 0.179. The molecule has 0 aliphatic carbocycles. The standard InChI is InChI=1S/C20H21FN4/c1-25(15-16-7-3-2-4-8-16)19-12-14-23-20(24-19)22-13-11-17-9-5-6-10-18(17)21/h2-10,12,14H,11,13,15H2,1H3,(H,22,23,24). The smallest absolute Gasteiger partial charge is 0.224 e. The summed E-state index contributed by atoms with van der Waals surface area (Å²) in [6.45, 7) is 1.35. The Bertz CT molecular complexity index is 808. The molecule has 5 heteroatoms. The molecule has 3 rings (SSSR count). The predicted octanol–water partition coefficient (Wildman–Crippen LogP) is 3.91. The highest BCUT2D eigenvalue weighted by Crippen LogP contribution is 2.14. The summed E-state index contributed by atoms with van der Waals surface area (Å²) >= 11 is 0. The first-order chi connectivity index (χ1) is 12.2. The lowest BCUT2D eigenvalue weighted by Crippen LogP contribution is -2.18. The summed E-state index contributed by atoms with van der Waals surface area (Å²) in [5, 5.41) is 3.16. The third kappa shape index (κ3) is 4.76. The zero-order chi connectivity index (χ0) is 17.5. The fourth-order valence-electron chi connectivity index (χ4n) is 2.60. The Balaban J connectivity index is 1.58. The minimum Gasteiger partial charge on any atom is -0.355 e. The van der Waals surface area contributed by atoms with Crippen molar-refractivity contribution in [2.24, 2.45) is 0 Å². The highest BCUT2D eigenvalue weighted by atomic mass is 19.1. The molecule has 0 aliphatic heterocycles. The summed E-state index contributed by atoms with van der Waals surface area (Å²) in [5.41, 5.74) is 1.91. The van der Waals surface area contributed by atoms with Crippen molar-refractivity contribution in [3.8, 4) is 0 Å². The Morgan fingerprint density at radius 3 is 2.56 bits per heavy atom. The molecule has 0 unspecified atom stereocenters. The average Bonchev–Trinajstić information content (AvgIpc) is 2.64. The van der Waals surface area contributed by atoms with Gasteiger partial charge in [-0.05, 0) is 29.7 Å². The summed E-state index contributed by atoms with van der Waals surface area (Å²) in [4.78, 5) is 10.8. The van der Waals surface area contributed by atoms with Gasteiger partial charge in [0.2, 0.25) is 5.95 Å². The lowest BCUT2D eigenvalue weighted by Gasteiger charge is -2.18. The first-order valence-electron chi connectivity index (χ1n) is 8.28. The number of benzene rings is 2. The van der Waals surface area contributed by atoms with Gasteiger partial charge in [-0.1, -0.05) is 48.5 Å². The number of aromatic nitrogens is 2. The average molecular weight is 336 g/mol. The first-order valence-corrected chi connectivity index (χ1v) is 8.28. The van der Waals surface area contributed by atoms with E-state index in [0.29, 0.717) is 24.5 Å². The third-order valence-corrected chi connectivity index (χ3v) is 3.93. The molecule has 25 heavy (non-hydrogen) atoms. The SMILES string of the molecule is CN(Cc1ccccc1)c1ccnc(NCCc2ccccc2F)n1. The van der Waals surface area contributed by atoms with Crippen LogP contribution in [-0.4, -0.2) is 23.6 Å². The number of hydrogen-bond donors (Lipinski definition) is 1. The first kappa shape index (κ1) is 16.9. The quantitative estimate of drug-likeness (QED) is 0.710. The van der Waals surface area contributed by atoms with E-state index in [-0.39, 0.29) is 5.82 Å². The van der Waals surface area contributed by atoms with Crippen LogP contribution in [0.1, 0.15) is 11.1 Å². The molecule has 2 aromatic carbocycles. The molecule has 1 heterocycles. The van der Waals surface area contributed by atoms with Gasteiger partial charge in [0, 0.05) is 26.3 Å². The number of anilines is 2. The maximum absolute atomic E-state index is 13.6. The summed E-state index contributed by atoms with van der Waals surface area (Å²) in [6.07, 6.45) is 2.31. The van der Waals surface area contributed by atoms with E-state index in [1.54, 1.807) is 18.3 Å². The van der Waals surface area contributed by atoms with Crippen LogP contribution in [-0.2, 0) is 13.0 Å². The van der Waals surface area contributed by atoms with Gasteiger partial charge in [0.25, 0.3) is 0 Å². The molecule has 128 valence electrons. The van der Waals surface area contributed by atoms with Crippen LogP contribution in [0.5, 0.6) is 0 Å². The summed E-state index contributed by atoms with van der Waals surface area (Å²) in [7, 11) is 2.00. The zero-order valence-electron chi connectivity index (χ0n) is 14.2. The van der Waals surface area contributed by atoms with Crippen LogP contribution < -0.4 is 10.2 Å². The van der Waals surface area contributed by atoms with Crippen molar-refractivity contribution in [2.45, 2.75) is 13.0 Å². The van der Waals surface area contributed by atoms with E-state index in [0.717, 1.165) is 12.4 Å². The van der Waals surface area contributed by atoms with Crippen molar-refractivity contribution >= 4 is 11.8 Å². The van der Waals surface area contributed by atoms with Crippen LogP contribution in [0.4, 0.5) is 16.2 Å². The molecule has 1 N–H and O–H groups in total. The van der Waals surface area contributed by atoms with Gasteiger partial charge in [-0.2, -0.15) is 4.98 Å². The maximum Gasteiger partial charge on any atom is 0.224 e. The van der Waals surface area contributed by atoms with E-state index >= 15 is 0 Å². The van der Waals surface area contributed by atoms with E-state index in [4.69, 9.17) is 0 Å². The molecular formula is C20H21FN4. The monoisotopic (exact) mass is 336 g/mol. The van der Waals surface area contributed by atoms with Gasteiger partial charge in [-0.15, -0.1) is 0 Å². The lowest BCUT2D eigenvalue weighted by molar-refractivity contribution is 0.610. The van der Waals surface area contributed by atoms with Crippen LogP contribution in [0.3, 0.4) is 0 Å². The zero-order valence-corrected chi connectivity index (χ0v) is 14.2. The van der Waals surface area contributed by atoms with Crippen molar-refractivity contribution in [3.63, 3.8) is 0 Å². The molecule has 0 atom stereocenters. The summed E-state index contributed by atoms with van der Waals surface area (Å²) < 4.78 is 13.6. The lowest BCUT2D eigenvalue weighted by atomic mass is 10.1. The molecule has 0 bridgehead atoms. The minimum atomic E-state index is -0.179. The number of halogens is 1. The van der Waals surface area contributed by atoms with E-state index in [2.05, 4.69) is 32.3 Å². The summed E-state index contributed by atoms with van der Waals surface area (Å²) in [5.74, 6) is 1.21. The molecule has 0 radical (unpaired) electrons. The van der Waals surface area contributed by atoms with Crippen molar-refractivity contribution < 1.29 is 4.39 Å². The topological polar surface area (TPSA) is 41.1 Å². The molecule has 0 saturated carbocycles. The number of rotatable bonds is 7. The van der Waals surface area contributed by atoms with Crippen molar-refractivity contribution in [1.82, 2.24) is 9.97 Å². The van der Waals surface area contributed by atoms with Crippen LogP contribution in [0.2, 0.25) is 0 Å². The number of nitrogens with zero attached hydrogens (tertiary/aromatic N) is 3. The van der Waals surface area contributed by atoms with Gasteiger partial charge < -0.3 is 10.2 Å². The van der Waals surface area contributed by atoms with Crippen LogP contribution in [0, 0.1) is 5.82 Å². The van der Waals surface area contributed by atoms with E-state index in [1.807, 2.05) is 37.4 Å². The Hall–Kier alpha value is -2.95. The molecule has 0 aliphatic rings. The second-order valence-corrected chi connectivity index (χ2v) is 5.85. The third-order valence-electron chi connectivity index (χ3n) is 3.93. The van der Waals surface area contributed by atoms with Crippen LogP contribution in [0.25, 0.3) is 0 Å². The molecule has 1 aromatic heterocycles. The molecule has 0 saturated heterocycles. The molecule has 0 fully saturated rings. The maximum atomic E-state index is 13.6. The van der Waals surface area contributed by atoms with Crippen molar-refractivity contribution in [2.75, 3.05) is 23.8 Å². The van der Waals surface area contributed by atoms with E-state index in [1.165, 1.54) is 11.6 Å². The van der Waals surface area contributed by atoms with Gasteiger partial charge >= 0.3 is 0 Å². The molecular weight excluding hydrogens is 315 g/mol. The Kier molecular flexibility index (Phi) is 5.57. The largest absolute Gasteiger partial charge is 0.355 e. The van der Waals surface area contributed by atoms with E-state index in [9.17, 15) is 4.39 Å². The predicted molar refractivity (Wildman–Crippen MR) is 99.2 cm³/mol. The number of hydrogen-bond acceptors (Lipinski definition) is 4. The molecule has 0 amide bonds. The summed E-state index contributed by atoms with van der Waals surface area (Å²) in [6, 6.07) is 18.9. The second kappa shape index (κ2) is 8.24. The van der Waals surface area contributed by atoms with Gasteiger partial charge in [0.15, 0.2) is 0 Å². The molecule has 3 aromatic rings. The Labute approximate surface area is 147 Å². The van der Waals surface area contributed by atoms with Crippen molar-refractivity contribution in [3.05, 3.63) is 83.8 Å². The van der Waals surface area contributed by atoms with Gasteiger partial charge in [-0.3, -0.25) is 0 Å². The normalized spacial score (nSPS) is 10.5. The van der Waals surface area contributed by atoms with Crippen molar-refractivity contribution in [1.29, 1.82) is 0 Å². The van der Waals surface area contributed by atoms with Gasteiger partial charge in [0.1, 0.15) is 11.6 Å². The van der Waals surface area contributed by atoms with Crippen LogP contribution in [0.15, 0.2) is 66.9 Å². The van der Waals surface area contributed by atoms with Crippen LogP contribution >= 0.6 is 0 Å². The number of nitrogens with one attached hydrogen (secondary N) is 1. The van der Waals surface area contributed by atoms with Gasteiger partial charge in [0.05, 0.1) is 0 Å². The molecule has 4 nitrogen and oxygen atoms in total. The fourth-order valence-corrected chi connectivity index (χ4v) is 2.60. The van der Waals surface area contributed by atoms with E-state index < -0.39 is 0 Å². The highest BCUT2D eigenvalue weighted by molar-refractivity contribution is 5.42. The highest BCUT2D eigenvalue weighted by Gasteiger charge is 2.06. The Morgan fingerprint density at radius 2 is 1.76 bits per heavy atom. The second-order valence-electron chi connectivity index (χ2n) is 5.85. The van der Waals surface area contributed by atoms with Gasteiger partial charge in [-0.25, -0.2) is 9.37 Å². The molecule has 0 spiro atoms. The fraction of sp³-hybridized carbons (Fsp3) is 0.200. The Morgan fingerprint density at radius 1 is 1.00 bits per heavy atom.